The Hall–Kier alpha value is -2.88. The maximum Gasteiger partial charge on any atom is 0.416 e. The van der Waals surface area contributed by atoms with Crippen molar-refractivity contribution < 1.29 is 36.3 Å². The maximum atomic E-state index is 13.5. The average molecular weight is 489 g/mol. The summed E-state index contributed by atoms with van der Waals surface area (Å²) in [4.78, 5) is 24.7. The van der Waals surface area contributed by atoms with Gasteiger partial charge in [-0.3, -0.25) is 9.59 Å². The van der Waals surface area contributed by atoms with Crippen molar-refractivity contribution >= 4 is 23.4 Å². The molecule has 3 fully saturated rings. The van der Waals surface area contributed by atoms with Crippen molar-refractivity contribution in [1.82, 2.24) is 10.6 Å². The normalized spacial score (nSPS) is 23.2. The number of nitrogens with one attached hydrogen (secondary N) is 2. The molecule has 33 heavy (non-hydrogen) atoms. The first-order chi connectivity index (χ1) is 15.4. The fourth-order valence-electron chi connectivity index (χ4n) is 4.49. The van der Waals surface area contributed by atoms with E-state index in [2.05, 4.69) is 10.6 Å². The minimum atomic E-state index is -4.69. The molecule has 5 rings (SSSR count). The molecule has 2 aromatic rings. The number of carbonyl (C=O) groups is 2. The minimum Gasteiger partial charge on any atom is -0.484 e. The van der Waals surface area contributed by atoms with Gasteiger partial charge in [0.1, 0.15) is 17.4 Å². The lowest BCUT2D eigenvalue weighted by Gasteiger charge is -2.69. The van der Waals surface area contributed by atoms with Gasteiger partial charge < -0.3 is 15.4 Å². The fraction of sp³-hybridized carbons (Fsp3) is 0.364. The standard InChI is InChI=1S/C22H18ClF5N2O3/c23-16-2-1-15(6-17(16)25)33-8-18(31)30-21-9-20(10-21,11-21)19(32)29-7-12-3-13(22(26,27)28)5-14(24)4-12/h1-6H,7-11H2,(H,29,32)(H,30,31). The quantitative estimate of drug-likeness (QED) is 0.569. The van der Waals surface area contributed by atoms with E-state index in [1.165, 1.54) is 12.1 Å². The molecule has 2 bridgehead atoms. The van der Waals surface area contributed by atoms with Crippen LogP contribution in [0.2, 0.25) is 5.02 Å². The first-order valence-electron chi connectivity index (χ1n) is 9.94. The molecule has 0 heterocycles. The monoisotopic (exact) mass is 488 g/mol. The van der Waals surface area contributed by atoms with Gasteiger partial charge in [-0.1, -0.05) is 11.6 Å². The summed E-state index contributed by atoms with van der Waals surface area (Å²) in [6.45, 7) is -0.588. The number of halogens is 6. The molecule has 0 aliphatic heterocycles. The van der Waals surface area contributed by atoms with Crippen LogP contribution in [0.5, 0.6) is 5.75 Å². The molecule has 0 spiro atoms. The van der Waals surface area contributed by atoms with Crippen LogP contribution in [0, 0.1) is 17.0 Å². The van der Waals surface area contributed by atoms with Crippen LogP contribution >= 0.6 is 11.6 Å². The summed E-state index contributed by atoms with van der Waals surface area (Å²) in [6.07, 6.45) is -3.55. The van der Waals surface area contributed by atoms with Crippen molar-refractivity contribution in [3.05, 3.63) is 64.2 Å². The molecular weight excluding hydrogens is 471 g/mol. The molecule has 0 aromatic heterocycles. The summed E-state index contributed by atoms with van der Waals surface area (Å²) < 4.78 is 70.6. The number of benzene rings is 2. The topological polar surface area (TPSA) is 67.4 Å². The van der Waals surface area contributed by atoms with E-state index in [1.807, 2.05) is 0 Å². The molecule has 3 saturated carbocycles. The van der Waals surface area contributed by atoms with Gasteiger partial charge in [0.15, 0.2) is 6.61 Å². The lowest BCUT2D eigenvalue weighted by Crippen LogP contribution is -2.78. The van der Waals surface area contributed by atoms with Gasteiger partial charge in [0.05, 0.1) is 16.0 Å². The van der Waals surface area contributed by atoms with Gasteiger partial charge in [-0.25, -0.2) is 8.78 Å². The molecule has 2 N–H and O–H groups in total. The summed E-state index contributed by atoms with van der Waals surface area (Å²) in [6, 6.07) is 5.92. The Morgan fingerprint density at radius 2 is 1.76 bits per heavy atom. The van der Waals surface area contributed by atoms with Crippen LogP contribution in [-0.4, -0.2) is 24.0 Å². The van der Waals surface area contributed by atoms with Crippen molar-refractivity contribution in [3.8, 4) is 5.75 Å². The lowest BCUT2D eigenvalue weighted by molar-refractivity contribution is -0.184. The molecule has 0 radical (unpaired) electrons. The van der Waals surface area contributed by atoms with E-state index in [1.54, 1.807) is 0 Å². The smallest absolute Gasteiger partial charge is 0.416 e. The zero-order valence-corrected chi connectivity index (χ0v) is 17.7. The highest BCUT2D eigenvalue weighted by atomic mass is 35.5. The van der Waals surface area contributed by atoms with Crippen LogP contribution in [-0.2, 0) is 22.3 Å². The molecule has 176 valence electrons. The third-order valence-electron chi connectivity index (χ3n) is 5.92. The van der Waals surface area contributed by atoms with E-state index >= 15 is 0 Å². The Kier molecular flexibility index (Phi) is 5.76. The van der Waals surface area contributed by atoms with Gasteiger partial charge in [0, 0.05) is 18.2 Å². The minimum absolute atomic E-state index is 0.000993. The number of hydrogen-bond donors (Lipinski definition) is 2. The molecular formula is C22H18ClF5N2O3. The second-order valence-corrected chi connectivity index (χ2v) is 8.94. The van der Waals surface area contributed by atoms with Crippen LogP contribution in [0.4, 0.5) is 22.0 Å². The van der Waals surface area contributed by atoms with Gasteiger partial charge in [0.2, 0.25) is 5.91 Å². The highest BCUT2D eigenvalue weighted by molar-refractivity contribution is 6.30. The number of hydrogen-bond acceptors (Lipinski definition) is 3. The highest BCUT2D eigenvalue weighted by Gasteiger charge is 2.72. The SMILES string of the molecule is O=C(COc1ccc(Cl)c(F)c1)NC12CC(C(=O)NCc3cc(F)cc(C(F)(F)F)c3)(C1)C2. The molecule has 0 atom stereocenters. The van der Waals surface area contributed by atoms with E-state index in [0.717, 1.165) is 18.2 Å². The molecule has 5 nitrogen and oxygen atoms in total. The molecule has 0 unspecified atom stereocenters. The van der Waals surface area contributed by atoms with Gasteiger partial charge in [-0.15, -0.1) is 0 Å². The Morgan fingerprint density at radius 1 is 1.06 bits per heavy atom. The predicted octanol–water partition coefficient (Wildman–Crippen LogP) is 4.37. The lowest BCUT2D eigenvalue weighted by atomic mass is 9.39. The van der Waals surface area contributed by atoms with E-state index in [-0.39, 0.29) is 35.4 Å². The average Bonchev–Trinajstić information content (AvgIpc) is 2.67. The molecule has 3 aliphatic carbocycles. The van der Waals surface area contributed by atoms with E-state index in [4.69, 9.17) is 16.3 Å². The number of amides is 2. The summed E-state index contributed by atoms with van der Waals surface area (Å²) in [7, 11) is 0. The van der Waals surface area contributed by atoms with Crippen LogP contribution in [0.15, 0.2) is 36.4 Å². The van der Waals surface area contributed by atoms with E-state index in [9.17, 15) is 31.5 Å². The molecule has 2 amide bonds. The van der Waals surface area contributed by atoms with Crippen LogP contribution in [0.1, 0.15) is 30.4 Å². The summed E-state index contributed by atoms with van der Waals surface area (Å²) in [5.41, 5.74) is -2.36. The first-order valence-corrected chi connectivity index (χ1v) is 10.3. The zero-order valence-electron chi connectivity index (χ0n) is 17.0. The maximum absolute atomic E-state index is 13.5. The second kappa shape index (κ2) is 8.16. The number of carbonyl (C=O) groups excluding carboxylic acids is 2. The molecule has 2 aromatic carbocycles. The van der Waals surface area contributed by atoms with Crippen LogP contribution in [0.25, 0.3) is 0 Å². The second-order valence-electron chi connectivity index (χ2n) is 8.53. The van der Waals surface area contributed by atoms with Gasteiger partial charge in [0.25, 0.3) is 5.91 Å². The van der Waals surface area contributed by atoms with Crippen molar-refractivity contribution in [2.24, 2.45) is 5.41 Å². The van der Waals surface area contributed by atoms with Gasteiger partial charge in [-0.2, -0.15) is 13.2 Å². The van der Waals surface area contributed by atoms with E-state index < -0.39 is 40.2 Å². The number of alkyl halides is 3. The van der Waals surface area contributed by atoms with E-state index in [0.29, 0.717) is 25.3 Å². The Bertz CT molecular complexity index is 1100. The Labute approximate surface area is 190 Å². The largest absolute Gasteiger partial charge is 0.484 e. The summed E-state index contributed by atoms with van der Waals surface area (Å²) >= 11 is 5.59. The molecule has 11 heteroatoms. The third-order valence-corrected chi connectivity index (χ3v) is 6.22. The van der Waals surface area contributed by atoms with Crippen LogP contribution in [0.3, 0.4) is 0 Å². The van der Waals surface area contributed by atoms with Crippen molar-refractivity contribution in [2.45, 2.75) is 37.5 Å². The Balaban J connectivity index is 1.24. The van der Waals surface area contributed by atoms with Crippen molar-refractivity contribution in [2.75, 3.05) is 6.61 Å². The fourth-order valence-corrected chi connectivity index (χ4v) is 4.61. The molecule has 0 saturated heterocycles. The van der Waals surface area contributed by atoms with Crippen molar-refractivity contribution in [3.63, 3.8) is 0 Å². The summed E-state index contributed by atoms with van der Waals surface area (Å²) in [5, 5.41) is 5.29. The zero-order chi connectivity index (χ0) is 24.0. The van der Waals surface area contributed by atoms with Gasteiger partial charge in [-0.05, 0) is 55.2 Å². The van der Waals surface area contributed by atoms with Gasteiger partial charge >= 0.3 is 6.18 Å². The number of ether oxygens (including phenoxy) is 1. The van der Waals surface area contributed by atoms with Crippen LogP contribution < -0.4 is 15.4 Å². The van der Waals surface area contributed by atoms with Crippen molar-refractivity contribution in [1.29, 1.82) is 0 Å². The first kappa shape index (κ1) is 23.3. The Morgan fingerprint density at radius 3 is 2.39 bits per heavy atom. The predicted molar refractivity (Wildman–Crippen MR) is 107 cm³/mol. The molecule has 3 aliphatic rings. The third kappa shape index (κ3) is 4.75. The summed E-state index contributed by atoms with van der Waals surface area (Å²) in [5.74, 6) is -2.35. The number of rotatable bonds is 7. The highest BCUT2D eigenvalue weighted by Crippen LogP contribution is 2.67.